The topological polar surface area (TPSA) is 75.6 Å². The molecule has 2 aromatic carbocycles. The maximum atomic E-state index is 13.0. The van der Waals surface area contributed by atoms with Crippen molar-refractivity contribution in [3.8, 4) is 0 Å². The lowest BCUT2D eigenvalue weighted by Gasteiger charge is -2.37. The van der Waals surface area contributed by atoms with E-state index in [0.717, 1.165) is 37.6 Å². The summed E-state index contributed by atoms with van der Waals surface area (Å²) in [6.07, 6.45) is 0. The van der Waals surface area contributed by atoms with Crippen LogP contribution in [0.1, 0.15) is 10.4 Å². The Balaban J connectivity index is 1.69. The molecular weight excluding hydrogens is 295 g/mol. The molecule has 6 heteroatoms. The SMILES string of the molecule is NC(=O)c1ccc(N2CCN(c3ccc(F)cc3)CC2)c(N)c1. The van der Waals surface area contributed by atoms with Crippen LogP contribution in [0.5, 0.6) is 0 Å². The second-order valence-corrected chi connectivity index (χ2v) is 5.59. The van der Waals surface area contributed by atoms with E-state index in [4.69, 9.17) is 11.5 Å². The number of halogens is 1. The summed E-state index contributed by atoms with van der Waals surface area (Å²) >= 11 is 0. The van der Waals surface area contributed by atoms with Crippen molar-refractivity contribution in [1.29, 1.82) is 0 Å². The first-order valence-electron chi connectivity index (χ1n) is 7.49. The Morgan fingerprint density at radius 1 is 0.957 bits per heavy atom. The van der Waals surface area contributed by atoms with E-state index in [2.05, 4.69) is 9.80 Å². The summed E-state index contributed by atoms with van der Waals surface area (Å²) in [5.74, 6) is -0.709. The minimum atomic E-state index is -0.482. The highest BCUT2D eigenvalue weighted by Crippen LogP contribution is 2.26. The molecule has 1 amide bonds. The molecule has 0 unspecified atom stereocenters. The van der Waals surface area contributed by atoms with Crippen LogP contribution in [-0.4, -0.2) is 32.1 Å². The average Bonchev–Trinajstić information content (AvgIpc) is 2.56. The van der Waals surface area contributed by atoms with Gasteiger partial charge in [-0.25, -0.2) is 4.39 Å². The first kappa shape index (κ1) is 15.1. The number of carbonyl (C=O) groups is 1. The van der Waals surface area contributed by atoms with E-state index >= 15 is 0 Å². The summed E-state index contributed by atoms with van der Waals surface area (Å²) in [4.78, 5) is 15.6. The normalized spacial score (nSPS) is 14.8. The van der Waals surface area contributed by atoms with Gasteiger partial charge in [-0.1, -0.05) is 0 Å². The molecule has 0 bridgehead atoms. The van der Waals surface area contributed by atoms with Gasteiger partial charge in [-0.15, -0.1) is 0 Å². The predicted molar refractivity (Wildman–Crippen MR) is 90.2 cm³/mol. The molecule has 0 spiro atoms. The van der Waals surface area contributed by atoms with E-state index in [0.29, 0.717) is 11.3 Å². The first-order valence-corrected chi connectivity index (χ1v) is 7.49. The van der Waals surface area contributed by atoms with Crippen LogP contribution in [0, 0.1) is 5.82 Å². The molecule has 0 aliphatic carbocycles. The highest BCUT2D eigenvalue weighted by atomic mass is 19.1. The standard InChI is InChI=1S/C17H19FN4O/c18-13-2-4-14(5-3-13)21-7-9-22(10-8-21)16-6-1-12(17(20)23)11-15(16)19/h1-6,11H,7-10,19H2,(H2,20,23). The van der Waals surface area contributed by atoms with E-state index in [1.807, 2.05) is 6.07 Å². The van der Waals surface area contributed by atoms with Crippen molar-refractivity contribution in [2.45, 2.75) is 0 Å². The number of nitrogen functional groups attached to an aromatic ring is 1. The summed E-state index contributed by atoms with van der Waals surface area (Å²) in [7, 11) is 0. The second-order valence-electron chi connectivity index (χ2n) is 5.59. The van der Waals surface area contributed by atoms with Crippen molar-refractivity contribution in [1.82, 2.24) is 0 Å². The number of anilines is 3. The van der Waals surface area contributed by atoms with Gasteiger partial charge in [0.2, 0.25) is 5.91 Å². The van der Waals surface area contributed by atoms with Crippen molar-refractivity contribution in [2.75, 3.05) is 41.7 Å². The molecule has 0 saturated carbocycles. The van der Waals surface area contributed by atoms with Crippen LogP contribution in [-0.2, 0) is 0 Å². The molecule has 5 nitrogen and oxygen atoms in total. The Labute approximate surface area is 134 Å². The minimum absolute atomic E-state index is 0.227. The van der Waals surface area contributed by atoms with Gasteiger partial charge in [0, 0.05) is 37.4 Å². The molecule has 2 aromatic rings. The van der Waals surface area contributed by atoms with Crippen LogP contribution in [0.25, 0.3) is 0 Å². The Hall–Kier alpha value is -2.76. The first-order chi connectivity index (χ1) is 11.0. The number of nitrogens with zero attached hydrogens (tertiary/aromatic N) is 2. The molecule has 23 heavy (non-hydrogen) atoms. The lowest BCUT2D eigenvalue weighted by atomic mass is 10.1. The third-order valence-corrected chi connectivity index (χ3v) is 4.12. The van der Waals surface area contributed by atoms with E-state index in [-0.39, 0.29) is 5.82 Å². The zero-order chi connectivity index (χ0) is 16.4. The van der Waals surface area contributed by atoms with E-state index in [1.165, 1.54) is 12.1 Å². The van der Waals surface area contributed by atoms with Crippen LogP contribution in [0.2, 0.25) is 0 Å². The molecule has 1 fully saturated rings. The van der Waals surface area contributed by atoms with Crippen molar-refractivity contribution < 1.29 is 9.18 Å². The number of primary amides is 1. The Kier molecular flexibility index (Phi) is 4.06. The number of hydrogen-bond acceptors (Lipinski definition) is 4. The van der Waals surface area contributed by atoms with Crippen LogP contribution in [0.3, 0.4) is 0 Å². The van der Waals surface area contributed by atoms with E-state index in [1.54, 1.807) is 24.3 Å². The number of benzene rings is 2. The van der Waals surface area contributed by atoms with Gasteiger partial charge in [0.15, 0.2) is 0 Å². The fraction of sp³-hybridized carbons (Fsp3) is 0.235. The molecule has 0 atom stereocenters. The summed E-state index contributed by atoms with van der Waals surface area (Å²) < 4.78 is 13.0. The van der Waals surface area contributed by atoms with Crippen LogP contribution in [0.15, 0.2) is 42.5 Å². The molecule has 4 N–H and O–H groups in total. The number of rotatable bonds is 3. The molecule has 1 heterocycles. The number of amides is 1. The fourth-order valence-electron chi connectivity index (χ4n) is 2.85. The van der Waals surface area contributed by atoms with Crippen LogP contribution < -0.4 is 21.3 Å². The minimum Gasteiger partial charge on any atom is -0.397 e. The quantitative estimate of drug-likeness (QED) is 0.848. The third kappa shape index (κ3) is 3.21. The Morgan fingerprint density at radius 2 is 1.57 bits per heavy atom. The average molecular weight is 314 g/mol. The zero-order valence-electron chi connectivity index (χ0n) is 12.7. The second kappa shape index (κ2) is 6.16. The number of carbonyl (C=O) groups excluding carboxylic acids is 1. The number of hydrogen-bond donors (Lipinski definition) is 2. The molecule has 120 valence electrons. The fourth-order valence-corrected chi connectivity index (χ4v) is 2.85. The number of piperazine rings is 1. The van der Waals surface area contributed by atoms with Crippen molar-refractivity contribution in [3.05, 3.63) is 53.8 Å². The van der Waals surface area contributed by atoms with Crippen molar-refractivity contribution in [2.24, 2.45) is 5.73 Å². The summed E-state index contributed by atoms with van der Waals surface area (Å²) in [6, 6.07) is 11.7. The monoisotopic (exact) mass is 314 g/mol. The molecule has 1 aliphatic heterocycles. The van der Waals surface area contributed by atoms with Gasteiger partial charge >= 0.3 is 0 Å². The Morgan fingerprint density at radius 3 is 2.13 bits per heavy atom. The molecule has 1 saturated heterocycles. The summed E-state index contributed by atoms with van der Waals surface area (Å²) in [6.45, 7) is 3.25. The van der Waals surface area contributed by atoms with Crippen molar-refractivity contribution in [3.63, 3.8) is 0 Å². The molecule has 0 radical (unpaired) electrons. The highest BCUT2D eigenvalue weighted by Gasteiger charge is 2.19. The van der Waals surface area contributed by atoms with Gasteiger partial charge in [0.25, 0.3) is 0 Å². The highest BCUT2D eigenvalue weighted by molar-refractivity contribution is 5.94. The molecule has 1 aliphatic rings. The van der Waals surface area contributed by atoms with Crippen LogP contribution in [0.4, 0.5) is 21.5 Å². The lowest BCUT2D eigenvalue weighted by molar-refractivity contribution is 0.100. The van der Waals surface area contributed by atoms with Crippen LogP contribution >= 0.6 is 0 Å². The third-order valence-electron chi connectivity index (χ3n) is 4.12. The number of nitrogens with two attached hydrogens (primary N) is 2. The maximum Gasteiger partial charge on any atom is 0.248 e. The Bertz CT molecular complexity index is 709. The lowest BCUT2D eigenvalue weighted by Crippen LogP contribution is -2.46. The zero-order valence-corrected chi connectivity index (χ0v) is 12.7. The van der Waals surface area contributed by atoms with Crippen molar-refractivity contribution >= 4 is 23.0 Å². The largest absolute Gasteiger partial charge is 0.397 e. The van der Waals surface area contributed by atoms with Gasteiger partial charge in [0.1, 0.15) is 5.82 Å². The van der Waals surface area contributed by atoms with E-state index in [9.17, 15) is 9.18 Å². The van der Waals surface area contributed by atoms with Gasteiger partial charge in [-0.3, -0.25) is 4.79 Å². The van der Waals surface area contributed by atoms with Gasteiger partial charge in [-0.05, 0) is 42.5 Å². The predicted octanol–water partition coefficient (Wildman–Crippen LogP) is 1.83. The van der Waals surface area contributed by atoms with Gasteiger partial charge < -0.3 is 21.3 Å². The summed E-state index contributed by atoms with van der Waals surface area (Å²) in [5, 5.41) is 0. The molecule has 0 aromatic heterocycles. The summed E-state index contributed by atoms with van der Waals surface area (Å²) in [5.41, 5.74) is 14.2. The molecular formula is C17H19FN4O. The van der Waals surface area contributed by atoms with Gasteiger partial charge in [0.05, 0.1) is 11.4 Å². The van der Waals surface area contributed by atoms with E-state index < -0.39 is 5.91 Å². The molecule has 3 rings (SSSR count). The maximum absolute atomic E-state index is 13.0. The van der Waals surface area contributed by atoms with Gasteiger partial charge in [-0.2, -0.15) is 0 Å². The smallest absolute Gasteiger partial charge is 0.248 e.